The van der Waals surface area contributed by atoms with Gasteiger partial charge in [0.05, 0.1) is 15.9 Å². The molecule has 0 saturated carbocycles. The number of alkyl halides is 1. The summed E-state index contributed by atoms with van der Waals surface area (Å²) in [5.41, 5.74) is 1.88. The van der Waals surface area contributed by atoms with E-state index in [9.17, 15) is 4.39 Å². The standard InChI is InChI=1S/C15H12Br3FO/c1-2-20-10-4-5-11(13(17)8-10)15(18)9-3-6-12(16)14(19)7-9/h3-8,15H,2H2,1H3. The van der Waals surface area contributed by atoms with Crippen molar-refractivity contribution in [3.63, 3.8) is 0 Å². The first kappa shape index (κ1) is 16.0. The number of hydrogen-bond donors (Lipinski definition) is 0. The quantitative estimate of drug-likeness (QED) is 0.485. The highest BCUT2D eigenvalue weighted by Crippen LogP contribution is 2.37. The summed E-state index contributed by atoms with van der Waals surface area (Å²) in [4.78, 5) is -0.0878. The third kappa shape index (κ3) is 3.62. The molecule has 0 bridgehead atoms. The smallest absolute Gasteiger partial charge is 0.137 e. The molecule has 1 nitrogen and oxygen atoms in total. The topological polar surface area (TPSA) is 9.23 Å². The molecular formula is C15H12Br3FO. The van der Waals surface area contributed by atoms with E-state index in [1.165, 1.54) is 6.07 Å². The van der Waals surface area contributed by atoms with Gasteiger partial charge in [-0.05, 0) is 58.2 Å². The van der Waals surface area contributed by atoms with Crippen molar-refractivity contribution < 1.29 is 9.13 Å². The maximum Gasteiger partial charge on any atom is 0.137 e. The third-order valence-corrected chi connectivity index (χ3v) is 5.14. The Kier molecular flexibility index (Phi) is 5.64. The number of halogens is 4. The van der Waals surface area contributed by atoms with Crippen molar-refractivity contribution in [1.82, 2.24) is 0 Å². The van der Waals surface area contributed by atoms with Crippen LogP contribution < -0.4 is 4.74 Å². The van der Waals surface area contributed by atoms with Crippen molar-refractivity contribution in [3.05, 3.63) is 62.3 Å². The van der Waals surface area contributed by atoms with E-state index in [4.69, 9.17) is 4.74 Å². The molecule has 0 amide bonds. The second-order valence-electron chi connectivity index (χ2n) is 4.15. The normalized spacial score (nSPS) is 12.2. The zero-order valence-electron chi connectivity index (χ0n) is 10.7. The van der Waals surface area contributed by atoms with Crippen LogP contribution in [0.2, 0.25) is 0 Å². The Morgan fingerprint density at radius 2 is 1.85 bits per heavy atom. The first-order valence-corrected chi connectivity index (χ1v) is 8.54. The van der Waals surface area contributed by atoms with Crippen LogP contribution in [0.4, 0.5) is 4.39 Å². The maximum atomic E-state index is 13.6. The van der Waals surface area contributed by atoms with E-state index < -0.39 is 0 Å². The predicted molar refractivity (Wildman–Crippen MR) is 90.2 cm³/mol. The van der Waals surface area contributed by atoms with Crippen LogP contribution in [0.25, 0.3) is 0 Å². The number of rotatable bonds is 4. The van der Waals surface area contributed by atoms with Crippen molar-refractivity contribution in [2.45, 2.75) is 11.8 Å². The Bertz CT molecular complexity index is 616. The molecule has 0 saturated heterocycles. The van der Waals surface area contributed by atoms with Gasteiger partial charge >= 0.3 is 0 Å². The number of hydrogen-bond acceptors (Lipinski definition) is 1. The van der Waals surface area contributed by atoms with Gasteiger partial charge in [-0.1, -0.05) is 44.0 Å². The lowest BCUT2D eigenvalue weighted by Gasteiger charge is -2.14. The number of ether oxygens (including phenoxy) is 1. The molecule has 106 valence electrons. The summed E-state index contributed by atoms with van der Waals surface area (Å²) in [6.07, 6.45) is 0. The summed E-state index contributed by atoms with van der Waals surface area (Å²) in [5.74, 6) is 0.541. The lowest BCUT2D eigenvalue weighted by atomic mass is 10.0. The molecule has 1 atom stereocenters. The van der Waals surface area contributed by atoms with Crippen LogP contribution in [0.5, 0.6) is 5.75 Å². The second-order valence-corrected chi connectivity index (χ2v) is 6.78. The molecule has 0 N–H and O–H groups in total. The summed E-state index contributed by atoms with van der Waals surface area (Å²) >= 11 is 10.3. The van der Waals surface area contributed by atoms with Crippen molar-refractivity contribution in [1.29, 1.82) is 0 Å². The molecule has 2 aromatic carbocycles. The molecule has 0 aliphatic heterocycles. The summed E-state index contributed by atoms with van der Waals surface area (Å²) in [6, 6.07) is 10.9. The van der Waals surface area contributed by atoms with Crippen molar-refractivity contribution in [2.24, 2.45) is 0 Å². The Hall–Kier alpha value is -0.390. The fourth-order valence-corrected chi connectivity index (χ4v) is 3.64. The Balaban J connectivity index is 2.32. The van der Waals surface area contributed by atoms with Crippen LogP contribution in [0.3, 0.4) is 0 Å². The average molecular weight is 467 g/mol. The molecule has 1 unspecified atom stereocenters. The molecular weight excluding hydrogens is 455 g/mol. The van der Waals surface area contributed by atoms with Crippen molar-refractivity contribution in [2.75, 3.05) is 6.61 Å². The van der Waals surface area contributed by atoms with Gasteiger partial charge in [0.25, 0.3) is 0 Å². The number of benzene rings is 2. The predicted octanol–water partition coefficient (Wildman–Crippen LogP) is 6.23. The molecule has 0 aromatic heterocycles. The van der Waals surface area contributed by atoms with E-state index in [0.29, 0.717) is 11.1 Å². The Labute approximate surface area is 142 Å². The highest BCUT2D eigenvalue weighted by molar-refractivity contribution is 9.11. The van der Waals surface area contributed by atoms with E-state index in [2.05, 4.69) is 47.8 Å². The van der Waals surface area contributed by atoms with Gasteiger partial charge in [0, 0.05) is 4.47 Å². The van der Waals surface area contributed by atoms with Crippen LogP contribution in [0.1, 0.15) is 22.9 Å². The molecule has 5 heteroatoms. The monoisotopic (exact) mass is 464 g/mol. The fourth-order valence-electron chi connectivity index (χ4n) is 1.82. The maximum absolute atomic E-state index is 13.6. The Morgan fingerprint density at radius 1 is 1.10 bits per heavy atom. The molecule has 20 heavy (non-hydrogen) atoms. The van der Waals surface area contributed by atoms with Gasteiger partial charge in [0.2, 0.25) is 0 Å². The van der Waals surface area contributed by atoms with E-state index in [1.54, 1.807) is 6.07 Å². The summed E-state index contributed by atoms with van der Waals surface area (Å²) in [5, 5.41) is 0. The van der Waals surface area contributed by atoms with Crippen LogP contribution >= 0.6 is 47.8 Å². The van der Waals surface area contributed by atoms with Crippen LogP contribution in [0.15, 0.2) is 45.3 Å². The van der Waals surface area contributed by atoms with Gasteiger partial charge < -0.3 is 4.74 Å². The minimum atomic E-state index is -0.269. The van der Waals surface area contributed by atoms with Gasteiger partial charge in [-0.15, -0.1) is 0 Å². The van der Waals surface area contributed by atoms with Gasteiger partial charge in [-0.3, -0.25) is 0 Å². The van der Waals surface area contributed by atoms with Gasteiger partial charge in [0.1, 0.15) is 11.6 Å². The molecule has 2 aromatic rings. The largest absolute Gasteiger partial charge is 0.494 e. The minimum Gasteiger partial charge on any atom is -0.494 e. The minimum absolute atomic E-state index is 0.0878. The summed E-state index contributed by atoms with van der Waals surface area (Å²) in [7, 11) is 0. The van der Waals surface area contributed by atoms with E-state index in [0.717, 1.165) is 21.3 Å². The van der Waals surface area contributed by atoms with Crippen LogP contribution in [0, 0.1) is 5.82 Å². The highest BCUT2D eigenvalue weighted by atomic mass is 79.9. The molecule has 0 spiro atoms. The molecule has 0 aliphatic rings. The zero-order chi connectivity index (χ0) is 14.7. The lowest BCUT2D eigenvalue weighted by molar-refractivity contribution is 0.340. The molecule has 0 fully saturated rings. The van der Waals surface area contributed by atoms with E-state index in [-0.39, 0.29) is 10.6 Å². The van der Waals surface area contributed by atoms with Crippen LogP contribution in [-0.2, 0) is 0 Å². The molecule has 2 rings (SSSR count). The molecule has 0 heterocycles. The fraction of sp³-hybridized carbons (Fsp3) is 0.200. The highest BCUT2D eigenvalue weighted by Gasteiger charge is 2.15. The third-order valence-electron chi connectivity index (χ3n) is 2.79. The summed E-state index contributed by atoms with van der Waals surface area (Å²) < 4.78 is 20.5. The average Bonchev–Trinajstić information content (AvgIpc) is 2.42. The molecule has 0 aliphatic carbocycles. The Morgan fingerprint density at radius 3 is 2.45 bits per heavy atom. The SMILES string of the molecule is CCOc1ccc(C(Br)c2ccc(Br)c(F)c2)c(Br)c1. The summed E-state index contributed by atoms with van der Waals surface area (Å²) in [6.45, 7) is 2.57. The first-order chi connectivity index (χ1) is 9.52. The molecule has 0 radical (unpaired) electrons. The lowest BCUT2D eigenvalue weighted by Crippen LogP contribution is -1.97. The van der Waals surface area contributed by atoms with Crippen LogP contribution in [-0.4, -0.2) is 6.61 Å². The van der Waals surface area contributed by atoms with Gasteiger partial charge in [-0.2, -0.15) is 0 Å². The zero-order valence-corrected chi connectivity index (χ0v) is 15.4. The first-order valence-electron chi connectivity index (χ1n) is 6.04. The van der Waals surface area contributed by atoms with E-state index in [1.807, 2.05) is 31.2 Å². The van der Waals surface area contributed by atoms with E-state index >= 15 is 0 Å². The van der Waals surface area contributed by atoms with Crippen molar-refractivity contribution in [3.8, 4) is 5.75 Å². The van der Waals surface area contributed by atoms with Crippen molar-refractivity contribution >= 4 is 47.8 Å². The second kappa shape index (κ2) is 7.05. The van der Waals surface area contributed by atoms with Gasteiger partial charge in [-0.25, -0.2) is 4.39 Å². The van der Waals surface area contributed by atoms with Gasteiger partial charge in [0.15, 0.2) is 0 Å².